The Labute approximate surface area is 243 Å². The fourth-order valence-electron chi connectivity index (χ4n) is 4.63. The number of nitrogens with one attached hydrogen (secondary N) is 2. The zero-order valence-corrected chi connectivity index (χ0v) is 23.8. The lowest BCUT2D eigenvalue weighted by Crippen LogP contribution is -2.38. The molecule has 41 heavy (non-hydrogen) atoms. The molecule has 4 atom stereocenters. The van der Waals surface area contributed by atoms with Crippen LogP contribution in [0, 0.1) is 5.92 Å². The maximum absolute atomic E-state index is 12.3. The topological polar surface area (TPSA) is 123 Å². The second kappa shape index (κ2) is 13.7. The number of hydrogen-bond donors (Lipinski definition) is 3. The molecular formula is C30H34N6O4S. The number of benzene rings is 3. The minimum absolute atomic E-state index is 0.00597. The number of aliphatic hydroxyl groups is 1. The molecule has 0 bridgehead atoms. The molecule has 214 valence electrons. The maximum atomic E-state index is 12.3. The number of ether oxygens (including phenoxy) is 2. The van der Waals surface area contributed by atoms with Gasteiger partial charge in [-0.15, -0.1) is 5.10 Å². The Morgan fingerprint density at radius 3 is 2.17 bits per heavy atom. The average Bonchev–Trinajstić information content (AvgIpc) is 3.43. The molecule has 11 heteroatoms. The zero-order valence-electron chi connectivity index (χ0n) is 23.0. The van der Waals surface area contributed by atoms with Crippen molar-refractivity contribution >= 4 is 17.8 Å². The van der Waals surface area contributed by atoms with Crippen LogP contribution in [-0.2, 0) is 36.2 Å². The summed E-state index contributed by atoms with van der Waals surface area (Å²) in [7, 11) is 1.81. The van der Waals surface area contributed by atoms with Crippen molar-refractivity contribution in [3.63, 3.8) is 0 Å². The average molecular weight is 575 g/mol. The highest BCUT2D eigenvalue weighted by Crippen LogP contribution is 2.42. The summed E-state index contributed by atoms with van der Waals surface area (Å²) in [4.78, 5) is 12.3. The Hall–Kier alpha value is -3.77. The number of aromatic nitrogens is 4. The number of hydrogen-bond acceptors (Lipinski definition) is 8. The van der Waals surface area contributed by atoms with Gasteiger partial charge in [-0.2, -0.15) is 0 Å². The number of amides is 2. The molecule has 3 aromatic carbocycles. The molecule has 3 N–H and O–H groups in total. The van der Waals surface area contributed by atoms with E-state index in [0.717, 1.165) is 33.0 Å². The summed E-state index contributed by atoms with van der Waals surface area (Å²) in [6, 6.07) is 25.3. The van der Waals surface area contributed by atoms with Crippen LogP contribution in [0.15, 0.2) is 84.0 Å². The quantitative estimate of drug-likeness (QED) is 0.240. The second-order valence-electron chi connectivity index (χ2n) is 9.98. The molecule has 2 amide bonds. The molecule has 1 fully saturated rings. The van der Waals surface area contributed by atoms with Gasteiger partial charge in [0, 0.05) is 37.4 Å². The molecule has 0 spiro atoms. The summed E-state index contributed by atoms with van der Waals surface area (Å²) in [6.45, 7) is 2.98. The van der Waals surface area contributed by atoms with Gasteiger partial charge < -0.3 is 25.2 Å². The molecule has 5 rings (SSSR count). The van der Waals surface area contributed by atoms with E-state index in [2.05, 4.69) is 33.1 Å². The van der Waals surface area contributed by atoms with E-state index < -0.39 is 6.29 Å². The van der Waals surface area contributed by atoms with Gasteiger partial charge in [0.1, 0.15) is 0 Å². The van der Waals surface area contributed by atoms with Crippen LogP contribution in [0.4, 0.5) is 4.79 Å². The third-order valence-electron chi connectivity index (χ3n) is 7.08. The van der Waals surface area contributed by atoms with Gasteiger partial charge in [0.05, 0.1) is 18.8 Å². The number of rotatable bonds is 10. The summed E-state index contributed by atoms with van der Waals surface area (Å²) >= 11 is 1.55. The molecule has 1 aromatic heterocycles. The number of carbonyl (C=O) groups excluding carboxylic acids is 1. The van der Waals surface area contributed by atoms with E-state index >= 15 is 0 Å². The van der Waals surface area contributed by atoms with Crippen LogP contribution < -0.4 is 10.6 Å². The molecular weight excluding hydrogens is 540 g/mol. The maximum Gasteiger partial charge on any atom is 0.315 e. The fourth-order valence-corrected chi connectivity index (χ4v) is 5.64. The summed E-state index contributed by atoms with van der Waals surface area (Å²) < 4.78 is 14.7. The third-order valence-corrected chi connectivity index (χ3v) is 8.18. The van der Waals surface area contributed by atoms with Crippen LogP contribution in [-0.4, -0.2) is 43.2 Å². The van der Waals surface area contributed by atoms with Gasteiger partial charge in [0.15, 0.2) is 6.29 Å². The lowest BCUT2D eigenvalue weighted by atomic mass is 9.91. The second-order valence-corrected chi connectivity index (χ2v) is 11.0. The van der Waals surface area contributed by atoms with Crippen molar-refractivity contribution in [2.45, 2.75) is 50.3 Å². The first-order valence-corrected chi connectivity index (χ1v) is 14.5. The van der Waals surface area contributed by atoms with Crippen molar-refractivity contribution in [3.8, 4) is 0 Å². The Morgan fingerprint density at radius 2 is 1.54 bits per heavy atom. The van der Waals surface area contributed by atoms with Crippen molar-refractivity contribution in [3.05, 3.63) is 107 Å². The number of carbonyl (C=O) groups is 1. The summed E-state index contributed by atoms with van der Waals surface area (Å²) in [5, 5.41) is 27.7. The normalized spacial score (nSPS) is 20.5. The minimum atomic E-state index is -0.576. The number of aliphatic hydroxyl groups excluding tert-OH is 1. The summed E-state index contributed by atoms with van der Waals surface area (Å²) in [5.41, 5.74) is 4.78. The van der Waals surface area contributed by atoms with Crippen LogP contribution in [0.2, 0.25) is 0 Å². The zero-order chi connectivity index (χ0) is 28.6. The minimum Gasteiger partial charge on any atom is -0.392 e. The van der Waals surface area contributed by atoms with Gasteiger partial charge >= 0.3 is 6.03 Å². The van der Waals surface area contributed by atoms with E-state index in [1.54, 1.807) is 16.4 Å². The van der Waals surface area contributed by atoms with Gasteiger partial charge in [-0.25, -0.2) is 9.48 Å². The lowest BCUT2D eigenvalue weighted by Gasteiger charge is -2.41. The molecule has 1 saturated heterocycles. The number of urea groups is 1. The Kier molecular flexibility index (Phi) is 9.63. The molecule has 0 radical (unpaired) electrons. The summed E-state index contributed by atoms with van der Waals surface area (Å²) in [5.74, 6) is 0.707. The molecule has 4 aromatic rings. The smallest absolute Gasteiger partial charge is 0.315 e. The first kappa shape index (κ1) is 28.7. The monoisotopic (exact) mass is 574 g/mol. The Bertz CT molecular complexity index is 1400. The first-order chi connectivity index (χ1) is 20.0. The van der Waals surface area contributed by atoms with E-state index in [1.165, 1.54) is 0 Å². The van der Waals surface area contributed by atoms with Crippen LogP contribution in [0.1, 0.15) is 47.1 Å². The fraction of sp³-hybridized carbons (Fsp3) is 0.333. The predicted octanol–water partition coefficient (Wildman–Crippen LogP) is 4.29. The highest BCUT2D eigenvalue weighted by Gasteiger charge is 2.38. The molecule has 1 aliphatic heterocycles. The van der Waals surface area contributed by atoms with Gasteiger partial charge in [0.2, 0.25) is 5.16 Å². The predicted molar refractivity (Wildman–Crippen MR) is 154 cm³/mol. The Morgan fingerprint density at radius 1 is 0.902 bits per heavy atom. The van der Waals surface area contributed by atoms with Gasteiger partial charge in [-0.1, -0.05) is 97.5 Å². The number of aryl methyl sites for hydroxylation is 1. The van der Waals surface area contributed by atoms with E-state index in [4.69, 9.17) is 9.47 Å². The molecule has 0 aliphatic carbocycles. The van der Waals surface area contributed by atoms with E-state index in [9.17, 15) is 9.90 Å². The van der Waals surface area contributed by atoms with E-state index in [-0.39, 0.29) is 30.8 Å². The highest BCUT2D eigenvalue weighted by molar-refractivity contribution is 7.99. The molecule has 2 heterocycles. The molecule has 1 aliphatic rings. The van der Waals surface area contributed by atoms with Gasteiger partial charge in [0.25, 0.3) is 0 Å². The lowest BCUT2D eigenvalue weighted by molar-refractivity contribution is -0.268. The van der Waals surface area contributed by atoms with Crippen molar-refractivity contribution in [2.75, 3.05) is 5.75 Å². The molecule has 10 nitrogen and oxygen atoms in total. The molecule has 0 unspecified atom stereocenters. The van der Waals surface area contributed by atoms with Crippen LogP contribution in [0.25, 0.3) is 0 Å². The SMILES string of the molecule is C[C@@H]1[C@H](CSc2nnnn2C)O[C@H](c2ccc(CNC(=O)NCc3ccccc3)cc2)O[C@@H]1c1ccc(CO)cc1. The third kappa shape index (κ3) is 7.50. The standard InChI is InChI=1S/C30H34N6O4S/c1-20-26(19-41-30-33-34-35-36(30)2)39-28(40-27(20)24-12-10-23(18-37)11-13-24)25-14-8-22(9-15-25)17-32-29(38)31-16-21-6-4-3-5-7-21/h3-15,20,26-28,37H,16-19H2,1-2H3,(H2,31,32,38)/t20-,26+,27+,28+/m1/s1. The van der Waals surface area contributed by atoms with Gasteiger partial charge in [-0.3, -0.25) is 0 Å². The van der Waals surface area contributed by atoms with Crippen LogP contribution in [0.5, 0.6) is 0 Å². The number of thioether (sulfide) groups is 1. The van der Waals surface area contributed by atoms with Crippen molar-refractivity contribution < 1.29 is 19.4 Å². The van der Waals surface area contributed by atoms with Crippen molar-refractivity contribution in [2.24, 2.45) is 13.0 Å². The van der Waals surface area contributed by atoms with Gasteiger partial charge in [-0.05, 0) is 32.7 Å². The largest absolute Gasteiger partial charge is 0.392 e. The number of tetrazole rings is 1. The van der Waals surface area contributed by atoms with E-state index in [0.29, 0.717) is 18.8 Å². The molecule has 0 saturated carbocycles. The van der Waals surface area contributed by atoms with Crippen LogP contribution in [0.3, 0.4) is 0 Å². The highest BCUT2D eigenvalue weighted by atomic mass is 32.2. The summed E-state index contributed by atoms with van der Waals surface area (Å²) in [6.07, 6.45) is -0.917. The Balaban J connectivity index is 1.24. The van der Waals surface area contributed by atoms with Crippen molar-refractivity contribution in [1.82, 2.24) is 30.8 Å². The van der Waals surface area contributed by atoms with Crippen LogP contribution >= 0.6 is 11.8 Å². The van der Waals surface area contributed by atoms with E-state index in [1.807, 2.05) is 85.9 Å². The number of nitrogens with zero attached hydrogens (tertiary/aromatic N) is 4. The first-order valence-electron chi connectivity index (χ1n) is 13.5. The van der Waals surface area contributed by atoms with Crippen molar-refractivity contribution in [1.29, 1.82) is 0 Å².